The highest BCUT2D eigenvalue weighted by Gasteiger charge is 2.27. The van der Waals surface area contributed by atoms with Crippen LogP contribution in [0.3, 0.4) is 0 Å². The highest BCUT2D eigenvalue weighted by atomic mass is 32.1. The monoisotopic (exact) mass is 425 g/mol. The molecule has 1 aliphatic rings. The number of benzene rings is 3. The zero-order valence-corrected chi connectivity index (χ0v) is 18.0. The van der Waals surface area contributed by atoms with E-state index in [1.165, 1.54) is 17.0 Å². The minimum atomic E-state index is 0.0752. The van der Waals surface area contributed by atoms with Gasteiger partial charge in [0.15, 0.2) is 0 Å². The largest absolute Gasteiger partial charge is 0.368 e. The first-order valence-corrected chi connectivity index (χ1v) is 11.3. The van der Waals surface area contributed by atoms with E-state index < -0.39 is 0 Å². The first-order chi connectivity index (χ1) is 15.3. The Kier molecular flexibility index (Phi) is 5.50. The van der Waals surface area contributed by atoms with E-state index in [1.807, 2.05) is 71.6 Å². The predicted molar refractivity (Wildman–Crippen MR) is 128 cm³/mol. The molecule has 1 fully saturated rings. The van der Waals surface area contributed by atoms with Crippen LogP contribution in [0.2, 0.25) is 0 Å². The van der Waals surface area contributed by atoms with Gasteiger partial charge in [0.2, 0.25) is 0 Å². The third kappa shape index (κ3) is 4.09. The van der Waals surface area contributed by atoms with Gasteiger partial charge in [-0.25, -0.2) is 4.98 Å². The molecule has 5 heteroatoms. The number of hydrogen-bond donors (Lipinski definition) is 0. The lowest BCUT2D eigenvalue weighted by molar-refractivity contribution is 0.0752. The predicted octanol–water partition coefficient (Wildman–Crippen LogP) is 5.44. The zero-order chi connectivity index (χ0) is 21.0. The number of piperazine rings is 1. The lowest BCUT2D eigenvalue weighted by atomic mass is 10.1. The molecule has 1 aromatic heterocycles. The maximum Gasteiger partial charge on any atom is 0.266 e. The van der Waals surface area contributed by atoms with Crippen molar-refractivity contribution in [1.29, 1.82) is 0 Å². The van der Waals surface area contributed by atoms with Crippen LogP contribution in [0.1, 0.15) is 9.67 Å². The fourth-order valence-electron chi connectivity index (χ4n) is 3.91. The molecule has 2 heterocycles. The van der Waals surface area contributed by atoms with Crippen LogP contribution in [-0.4, -0.2) is 42.0 Å². The molecule has 1 saturated heterocycles. The van der Waals surface area contributed by atoms with E-state index in [2.05, 4.69) is 29.2 Å². The molecule has 0 N–H and O–H groups in total. The van der Waals surface area contributed by atoms with Crippen molar-refractivity contribution in [2.45, 2.75) is 0 Å². The van der Waals surface area contributed by atoms with Gasteiger partial charge in [0.25, 0.3) is 5.91 Å². The third-order valence-corrected chi connectivity index (χ3v) is 6.67. The van der Waals surface area contributed by atoms with Crippen LogP contribution in [0.25, 0.3) is 21.8 Å². The van der Waals surface area contributed by atoms with Gasteiger partial charge in [0.1, 0.15) is 9.88 Å². The summed E-state index contributed by atoms with van der Waals surface area (Å²) in [6.45, 7) is 3.09. The van der Waals surface area contributed by atoms with E-state index in [-0.39, 0.29) is 5.91 Å². The summed E-state index contributed by atoms with van der Waals surface area (Å²) in [5.74, 6) is 0.0752. The van der Waals surface area contributed by atoms with E-state index in [0.717, 1.165) is 39.8 Å². The van der Waals surface area contributed by atoms with Gasteiger partial charge < -0.3 is 9.80 Å². The molecule has 4 nitrogen and oxygen atoms in total. The Morgan fingerprint density at radius 1 is 0.710 bits per heavy atom. The number of para-hydroxylation sites is 1. The molecule has 0 aliphatic carbocycles. The second kappa shape index (κ2) is 8.74. The average Bonchev–Trinajstić information content (AvgIpc) is 3.31. The summed E-state index contributed by atoms with van der Waals surface area (Å²) >= 11 is 1.49. The fourth-order valence-corrected chi connectivity index (χ4v) is 4.97. The maximum atomic E-state index is 13.6. The Bertz CT molecular complexity index is 1150. The molecule has 0 saturated carbocycles. The first-order valence-electron chi connectivity index (χ1n) is 10.5. The van der Waals surface area contributed by atoms with Crippen LogP contribution in [-0.2, 0) is 0 Å². The highest BCUT2D eigenvalue weighted by molar-refractivity contribution is 7.17. The molecule has 0 atom stereocenters. The van der Waals surface area contributed by atoms with Crippen LogP contribution in [0.15, 0.2) is 91.0 Å². The number of carbonyl (C=O) groups is 1. The number of amides is 1. The van der Waals surface area contributed by atoms with E-state index in [4.69, 9.17) is 4.98 Å². The molecule has 1 aliphatic heterocycles. The molecule has 4 aromatic rings. The van der Waals surface area contributed by atoms with Gasteiger partial charge in [-0.15, -0.1) is 11.3 Å². The minimum Gasteiger partial charge on any atom is -0.368 e. The summed E-state index contributed by atoms with van der Waals surface area (Å²) in [7, 11) is 0. The van der Waals surface area contributed by atoms with Crippen molar-refractivity contribution < 1.29 is 4.79 Å². The van der Waals surface area contributed by atoms with Crippen LogP contribution < -0.4 is 4.90 Å². The van der Waals surface area contributed by atoms with Crippen molar-refractivity contribution in [3.63, 3.8) is 0 Å². The van der Waals surface area contributed by atoms with Gasteiger partial charge in [-0.05, 0) is 12.1 Å². The Morgan fingerprint density at radius 3 is 1.87 bits per heavy atom. The average molecular weight is 426 g/mol. The van der Waals surface area contributed by atoms with Gasteiger partial charge >= 0.3 is 0 Å². The summed E-state index contributed by atoms with van der Waals surface area (Å²) in [4.78, 5) is 23.5. The Balaban J connectivity index is 1.42. The lowest BCUT2D eigenvalue weighted by Crippen LogP contribution is -2.48. The topological polar surface area (TPSA) is 36.4 Å². The van der Waals surface area contributed by atoms with Crippen molar-refractivity contribution >= 4 is 22.9 Å². The molecule has 0 spiro atoms. The number of anilines is 1. The Morgan fingerprint density at radius 2 is 1.26 bits per heavy atom. The molecule has 0 unspecified atom stereocenters. The van der Waals surface area contributed by atoms with Crippen molar-refractivity contribution in [3.8, 4) is 21.8 Å². The molecule has 1 amide bonds. The van der Waals surface area contributed by atoms with E-state index in [0.29, 0.717) is 13.1 Å². The third-order valence-electron chi connectivity index (χ3n) is 5.58. The molecule has 31 heavy (non-hydrogen) atoms. The van der Waals surface area contributed by atoms with Gasteiger partial charge in [-0.1, -0.05) is 78.9 Å². The van der Waals surface area contributed by atoms with Crippen LogP contribution in [0, 0.1) is 0 Å². The summed E-state index contributed by atoms with van der Waals surface area (Å²) in [5.41, 5.74) is 4.01. The van der Waals surface area contributed by atoms with Gasteiger partial charge in [-0.3, -0.25) is 4.79 Å². The summed E-state index contributed by atoms with van der Waals surface area (Å²) < 4.78 is 0. The fraction of sp³-hybridized carbons (Fsp3) is 0.154. The quantitative estimate of drug-likeness (QED) is 0.437. The molecule has 3 aromatic carbocycles. The van der Waals surface area contributed by atoms with Gasteiger partial charge in [0.05, 0.1) is 5.69 Å². The van der Waals surface area contributed by atoms with Crippen molar-refractivity contribution in [2.24, 2.45) is 0 Å². The zero-order valence-electron chi connectivity index (χ0n) is 17.1. The number of aromatic nitrogens is 1. The number of rotatable bonds is 4. The van der Waals surface area contributed by atoms with E-state index >= 15 is 0 Å². The summed E-state index contributed by atoms with van der Waals surface area (Å²) in [6.07, 6.45) is 0. The van der Waals surface area contributed by atoms with E-state index in [9.17, 15) is 4.79 Å². The number of hydrogen-bond acceptors (Lipinski definition) is 4. The second-order valence-electron chi connectivity index (χ2n) is 7.54. The number of nitrogens with zero attached hydrogens (tertiary/aromatic N) is 3. The minimum absolute atomic E-state index is 0.0752. The molecular formula is C26H23N3OS. The van der Waals surface area contributed by atoms with Crippen LogP contribution >= 0.6 is 11.3 Å². The van der Waals surface area contributed by atoms with E-state index in [1.54, 1.807) is 0 Å². The molecule has 154 valence electrons. The van der Waals surface area contributed by atoms with Crippen molar-refractivity contribution in [1.82, 2.24) is 9.88 Å². The smallest absolute Gasteiger partial charge is 0.266 e. The summed E-state index contributed by atoms with van der Waals surface area (Å²) in [6, 6.07) is 30.5. The Labute approximate surface area is 186 Å². The standard InChI is InChI=1S/C26H23N3OS/c30-26(29-18-16-28(17-19-29)22-14-8-3-9-15-22)24-23(20-10-4-1-5-11-20)27-25(31-24)21-12-6-2-7-13-21/h1-15H,16-19H2. The van der Waals surface area contributed by atoms with Gasteiger partial charge in [-0.2, -0.15) is 0 Å². The molecule has 0 radical (unpaired) electrons. The number of carbonyl (C=O) groups excluding carboxylic acids is 1. The maximum absolute atomic E-state index is 13.6. The van der Waals surface area contributed by atoms with Crippen molar-refractivity contribution in [2.75, 3.05) is 31.1 Å². The molecular weight excluding hydrogens is 402 g/mol. The Hall–Kier alpha value is -3.44. The van der Waals surface area contributed by atoms with Crippen LogP contribution in [0.4, 0.5) is 5.69 Å². The second-order valence-corrected chi connectivity index (χ2v) is 8.54. The molecule has 0 bridgehead atoms. The number of thiazole rings is 1. The normalized spacial score (nSPS) is 13.9. The van der Waals surface area contributed by atoms with Crippen LogP contribution in [0.5, 0.6) is 0 Å². The van der Waals surface area contributed by atoms with Crippen molar-refractivity contribution in [3.05, 3.63) is 95.9 Å². The SMILES string of the molecule is O=C(c1sc(-c2ccccc2)nc1-c1ccccc1)N1CCN(c2ccccc2)CC1. The summed E-state index contributed by atoms with van der Waals surface area (Å²) in [5, 5.41) is 0.880. The first kappa shape index (κ1) is 19.5. The highest BCUT2D eigenvalue weighted by Crippen LogP contribution is 2.35. The van der Waals surface area contributed by atoms with Gasteiger partial charge in [0, 0.05) is 43.0 Å². The lowest BCUT2D eigenvalue weighted by Gasteiger charge is -2.36. The molecule has 5 rings (SSSR count).